The zero-order chi connectivity index (χ0) is 16.8. The number of amides is 1. The van der Waals surface area contributed by atoms with Crippen LogP contribution < -0.4 is 10.5 Å². The van der Waals surface area contributed by atoms with Crippen molar-refractivity contribution >= 4 is 5.91 Å². The highest BCUT2D eigenvalue weighted by atomic mass is 16.5. The summed E-state index contributed by atoms with van der Waals surface area (Å²) >= 11 is 0. The van der Waals surface area contributed by atoms with E-state index in [0.717, 1.165) is 31.0 Å². The summed E-state index contributed by atoms with van der Waals surface area (Å²) < 4.78 is 5.75. The predicted octanol–water partition coefficient (Wildman–Crippen LogP) is 2.79. The van der Waals surface area contributed by atoms with E-state index in [0.29, 0.717) is 18.2 Å². The van der Waals surface area contributed by atoms with Gasteiger partial charge in [0.05, 0.1) is 18.3 Å². The van der Waals surface area contributed by atoms with Gasteiger partial charge in [0.2, 0.25) is 5.91 Å². The number of rotatable bonds is 7. The van der Waals surface area contributed by atoms with Crippen LogP contribution in [0, 0.1) is 0 Å². The lowest BCUT2D eigenvalue weighted by atomic mass is 10.1. The summed E-state index contributed by atoms with van der Waals surface area (Å²) in [5, 5.41) is 0. The van der Waals surface area contributed by atoms with E-state index in [9.17, 15) is 4.79 Å². The molecule has 1 saturated heterocycles. The van der Waals surface area contributed by atoms with E-state index < -0.39 is 5.91 Å². The third-order valence-electron chi connectivity index (χ3n) is 4.39. The highest BCUT2D eigenvalue weighted by Gasteiger charge is 2.26. The molecule has 3 rings (SSSR count). The Morgan fingerprint density at radius 2 is 2.08 bits per heavy atom. The Kier molecular flexibility index (Phi) is 5.43. The molecular formula is C19H23N3O2. The Bertz CT molecular complexity index is 658. The number of ether oxygens (including phenoxy) is 1. The van der Waals surface area contributed by atoms with Crippen LogP contribution in [0.1, 0.15) is 41.4 Å². The van der Waals surface area contributed by atoms with Gasteiger partial charge < -0.3 is 10.5 Å². The summed E-state index contributed by atoms with van der Waals surface area (Å²) in [4.78, 5) is 18.0. The van der Waals surface area contributed by atoms with E-state index in [1.165, 1.54) is 12.8 Å². The van der Waals surface area contributed by atoms with Gasteiger partial charge in [-0.1, -0.05) is 6.07 Å². The Labute approximate surface area is 142 Å². The van der Waals surface area contributed by atoms with Gasteiger partial charge in [-0.25, -0.2) is 0 Å². The van der Waals surface area contributed by atoms with Gasteiger partial charge in [0.15, 0.2) is 0 Å². The summed E-state index contributed by atoms with van der Waals surface area (Å²) in [6, 6.07) is 13.5. The molecule has 1 atom stereocenters. The Morgan fingerprint density at radius 3 is 2.79 bits per heavy atom. The summed E-state index contributed by atoms with van der Waals surface area (Å²) in [5.74, 6) is 0.346. The minimum Gasteiger partial charge on any atom is -0.494 e. The molecule has 1 fully saturated rings. The lowest BCUT2D eigenvalue weighted by Crippen LogP contribution is -2.26. The number of primary amides is 1. The topological polar surface area (TPSA) is 68.5 Å². The molecule has 0 bridgehead atoms. The van der Waals surface area contributed by atoms with Crippen LogP contribution in [0.15, 0.2) is 48.7 Å². The number of carbonyl (C=O) groups excluding carboxylic acids is 1. The number of likely N-dealkylation sites (tertiary alicyclic amines) is 1. The molecule has 1 aromatic carbocycles. The van der Waals surface area contributed by atoms with Crippen LogP contribution in [0.3, 0.4) is 0 Å². The Hall–Kier alpha value is -2.40. The monoisotopic (exact) mass is 325 g/mol. The van der Waals surface area contributed by atoms with Crippen molar-refractivity contribution in [3.63, 3.8) is 0 Å². The van der Waals surface area contributed by atoms with Crippen molar-refractivity contribution in [1.82, 2.24) is 9.88 Å². The second-order valence-electron chi connectivity index (χ2n) is 6.04. The van der Waals surface area contributed by atoms with E-state index >= 15 is 0 Å². The number of nitrogens with zero attached hydrogens (tertiary/aromatic N) is 2. The van der Waals surface area contributed by atoms with Crippen LogP contribution in [-0.4, -0.2) is 35.5 Å². The number of pyridine rings is 1. The molecule has 126 valence electrons. The number of hydrogen-bond donors (Lipinski definition) is 1. The van der Waals surface area contributed by atoms with Gasteiger partial charge in [0.25, 0.3) is 0 Å². The van der Waals surface area contributed by atoms with Crippen LogP contribution >= 0.6 is 0 Å². The number of benzene rings is 1. The van der Waals surface area contributed by atoms with E-state index in [1.807, 2.05) is 12.3 Å². The molecular weight excluding hydrogens is 302 g/mol. The highest BCUT2D eigenvalue weighted by Crippen LogP contribution is 2.30. The third-order valence-corrected chi connectivity index (χ3v) is 4.39. The molecule has 0 spiro atoms. The van der Waals surface area contributed by atoms with Crippen molar-refractivity contribution in [3.05, 3.63) is 59.9 Å². The van der Waals surface area contributed by atoms with Gasteiger partial charge in [0, 0.05) is 18.3 Å². The minimum atomic E-state index is -0.420. The molecule has 0 unspecified atom stereocenters. The first kappa shape index (κ1) is 16.5. The van der Waals surface area contributed by atoms with E-state index in [4.69, 9.17) is 10.5 Å². The first-order chi connectivity index (χ1) is 11.7. The fourth-order valence-corrected chi connectivity index (χ4v) is 3.17. The molecule has 1 aromatic heterocycles. The van der Waals surface area contributed by atoms with E-state index in [2.05, 4.69) is 22.0 Å². The third kappa shape index (κ3) is 4.11. The number of nitrogens with two attached hydrogens (primary N) is 1. The molecule has 5 nitrogen and oxygen atoms in total. The largest absolute Gasteiger partial charge is 0.494 e. The van der Waals surface area contributed by atoms with Crippen LogP contribution in [-0.2, 0) is 0 Å². The molecule has 2 heterocycles. The summed E-state index contributed by atoms with van der Waals surface area (Å²) in [6.45, 7) is 2.77. The minimum absolute atomic E-state index is 0.420. The normalized spacial score (nSPS) is 17.8. The highest BCUT2D eigenvalue weighted by molar-refractivity contribution is 5.92. The second-order valence-corrected chi connectivity index (χ2v) is 6.04. The van der Waals surface area contributed by atoms with Crippen molar-refractivity contribution in [2.75, 3.05) is 19.7 Å². The molecule has 1 aliphatic rings. The fourth-order valence-electron chi connectivity index (χ4n) is 3.17. The van der Waals surface area contributed by atoms with E-state index in [1.54, 1.807) is 24.3 Å². The first-order valence-electron chi connectivity index (χ1n) is 8.42. The van der Waals surface area contributed by atoms with Crippen molar-refractivity contribution < 1.29 is 9.53 Å². The maximum Gasteiger partial charge on any atom is 0.248 e. The predicted molar refractivity (Wildman–Crippen MR) is 92.9 cm³/mol. The standard InChI is InChI=1S/C19H23N3O2/c20-19(23)15-7-9-16(10-8-15)24-14-4-13-22-12-3-6-18(22)17-5-1-2-11-21-17/h1-2,5,7-11,18H,3-4,6,12-14H2,(H2,20,23)/t18-/m1/s1. The average molecular weight is 325 g/mol. The summed E-state index contributed by atoms with van der Waals surface area (Å²) in [7, 11) is 0. The quantitative estimate of drug-likeness (QED) is 0.795. The van der Waals surface area contributed by atoms with Gasteiger partial charge in [-0.2, -0.15) is 0 Å². The van der Waals surface area contributed by atoms with Gasteiger partial charge in [-0.3, -0.25) is 14.7 Å². The average Bonchev–Trinajstić information content (AvgIpc) is 3.08. The van der Waals surface area contributed by atoms with E-state index in [-0.39, 0.29) is 0 Å². The van der Waals surface area contributed by atoms with Crippen LogP contribution in [0.2, 0.25) is 0 Å². The molecule has 1 aliphatic heterocycles. The Morgan fingerprint density at radius 1 is 1.25 bits per heavy atom. The maximum absolute atomic E-state index is 11.0. The SMILES string of the molecule is NC(=O)c1ccc(OCCCN2CCC[C@@H]2c2ccccn2)cc1. The first-order valence-corrected chi connectivity index (χ1v) is 8.42. The van der Waals surface area contributed by atoms with Crippen LogP contribution in [0.5, 0.6) is 5.75 Å². The smallest absolute Gasteiger partial charge is 0.248 e. The summed E-state index contributed by atoms with van der Waals surface area (Å²) in [6.07, 6.45) is 5.22. The van der Waals surface area contributed by atoms with Gasteiger partial charge in [-0.05, 0) is 62.2 Å². The summed E-state index contributed by atoms with van der Waals surface area (Å²) in [5.41, 5.74) is 6.89. The zero-order valence-corrected chi connectivity index (χ0v) is 13.7. The molecule has 5 heteroatoms. The lowest BCUT2D eigenvalue weighted by molar-refractivity contribution is 0.100. The molecule has 0 saturated carbocycles. The lowest BCUT2D eigenvalue weighted by Gasteiger charge is -2.23. The molecule has 0 radical (unpaired) electrons. The van der Waals surface area contributed by atoms with Gasteiger partial charge in [0.1, 0.15) is 5.75 Å². The van der Waals surface area contributed by atoms with Crippen molar-refractivity contribution in [2.45, 2.75) is 25.3 Å². The molecule has 0 aliphatic carbocycles. The van der Waals surface area contributed by atoms with Crippen molar-refractivity contribution in [3.8, 4) is 5.75 Å². The number of aromatic nitrogens is 1. The number of hydrogen-bond acceptors (Lipinski definition) is 4. The maximum atomic E-state index is 11.0. The van der Waals surface area contributed by atoms with Crippen LogP contribution in [0.4, 0.5) is 0 Å². The van der Waals surface area contributed by atoms with Crippen molar-refractivity contribution in [2.24, 2.45) is 5.73 Å². The zero-order valence-electron chi connectivity index (χ0n) is 13.7. The molecule has 1 amide bonds. The molecule has 24 heavy (non-hydrogen) atoms. The number of carbonyl (C=O) groups is 1. The van der Waals surface area contributed by atoms with Gasteiger partial charge >= 0.3 is 0 Å². The molecule has 2 aromatic rings. The fraction of sp³-hybridized carbons (Fsp3) is 0.368. The van der Waals surface area contributed by atoms with Crippen LogP contribution in [0.25, 0.3) is 0 Å². The van der Waals surface area contributed by atoms with Crippen molar-refractivity contribution in [1.29, 1.82) is 0 Å². The molecule has 2 N–H and O–H groups in total. The second kappa shape index (κ2) is 7.93. The van der Waals surface area contributed by atoms with Gasteiger partial charge in [-0.15, -0.1) is 0 Å². The Balaban J connectivity index is 1.45.